The van der Waals surface area contributed by atoms with Gasteiger partial charge in [0.25, 0.3) is 0 Å². The second-order valence-electron chi connectivity index (χ2n) is 27.3. The van der Waals surface area contributed by atoms with E-state index in [-0.39, 0.29) is 25.7 Å². The van der Waals surface area contributed by atoms with Gasteiger partial charge in [-0.15, -0.1) is 0 Å². The summed E-state index contributed by atoms with van der Waals surface area (Å²) < 4.78 is 68.7. The Hall–Kier alpha value is -4.80. The fraction of sp³-hybridized carbons (Fsp3) is 0.701. The topological polar surface area (TPSA) is 237 Å². The highest BCUT2D eigenvalue weighted by Gasteiger charge is 2.30. The molecule has 0 saturated heterocycles. The zero-order valence-corrected chi connectivity index (χ0v) is 68.4. The molecule has 5 atom stereocenters. The average molecular weight is 1530 g/mol. The normalized spacial score (nSPS) is 14.5. The van der Waals surface area contributed by atoms with Crippen molar-refractivity contribution in [1.29, 1.82) is 0 Å². The van der Waals surface area contributed by atoms with Crippen LogP contribution in [0.2, 0.25) is 0 Å². The van der Waals surface area contributed by atoms with Crippen LogP contribution in [0.25, 0.3) is 0 Å². The molecule has 608 valence electrons. The summed E-state index contributed by atoms with van der Waals surface area (Å²) in [5.74, 6) is -2.22. The first kappa shape index (κ1) is 101. The monoisotopic (exact) mass is 1530 g/mol. The molecule has 19 heteroatoms. The van der Waals surface area contributed by atoms with E-state index in [2.05, 4.69) is 161 Å². The molecule has 0 spiro atoms. The molecule has 0 fully saturated rings. The molecule has 0 saturated carbocycles. The molecule has 0 amide bonds. The van der Waals surface area contributed by atoms with Crippen molar-refractivity contribution in [2.75, 3.05) is 39.6 Å². The first-order chi connectivity index (χ1) is 51.7. The third-order valence-corrected chi connectivity index (χ3v) is 19.0. The molecule has 0 aliphatic heterocycles. The minimum Gasteiger partial charge on any atom is -0.462 e. The average Bonchev–Trinajstić information content (AvgIpc) is 0.907. The van der Waals surface area contributed by atoms with Gasteiger partial charge in [-0.2, -0.15) is 0 Å². The maximum Gasteiger partial charge on any atom is 0.472 e. The van der Waals surface area contributed by atoms with E-state index in [4.69, 9.17) is 37.0 Å². The van der Waals surface area contributed by atoms with Crippen molar-refractivity contribution in [2.45, 2.75) is 354 Å². The molecular formula is C87H148O17P2. The van der Waals surface area contributed by atoms with Crippen molar-refractivity contribution >= 4 is 39.5 Å². The van der Waals surface area contributed by atoms with Gasteiger partial charge in [0.15, 0.2) is 12.2 Å². The zero-order chi connectivity index (χ0) is 77.4. The van der Waals surface area contributed by atoms with Crippen LogP contribution in [0.15, 0.2) is 134 Å². The van der Waals surface area contributed by atoms with Gasteiger partial charge >= 0.3 is 39.5 Å². The van der Waals surface area contributed by atoms with Crippen LogP contribution in [0, 0.1) is 0 Å². The first-order valence-electron chi connectivity index (χ1n) is 41.4. The van der Waals surface area contributed by atoms with Crippen LogP contribution < -0.4 is 0 Å². The number of aliphatic hydroxyl groups is 1. The second-order valence-corrected chi connectivity index (χ2v) is 30.2. The lowest BCUT2D eigenvalue weighted by Crippen LogP contribution is -2.30. The lowest BCUT2D eigenvalue weighted by Gasteiger charge is -2.21. The van der Waals surface area contributed by atoms with E-state index in [0.717, 1.165) is 205 Å². The van der Waals surface area contributed by atoms with Crippen LogP contribution in [0.3, 0.4) is 0 Å². The Morgan fingerprint density at radius 2 is 0.491 bits per heavy atom. The Balaban J connectivity index is 5.39. The predicted molar refractivity (Wildman–Crippen MR) is 436 cm³/mol. The smallest absolute Gasteiger partial charge is 0.462 e. The van der Waals surface area contributed by atoms with Gasteiger partial charge in [0.05, 0.1) is 26.4 Å². The number of unbranched alkanes of at least 4 members (excludes halogenated alkanes) is 29. The van der Waals surface area contributed by atoms with Gasteiger partial charge in [0.2, 0.25) is 0 Å². The first-order valence-corrected chi connectivity index (χ1v) is 44.4. The van der Waals surface area contributed by atoms with Gasteiger partial charge in [-0.3, -0.25) is 37.3 Å². The van der Waals surface area contributed by atoms with Crippen molar-refractivity contribution in [3.05, 3.63) is 134 Å². The summed E-state index contributed by atoms with van der Waals surface area (Å²) >= 11 is 0. The van der Waals surface area contributed by atoms with Crippen molar-refractivity contribution < 1.29 is 80.2 Å². The number of hydrogen-bond acceptors (Lipinski definition) is 15. The number of hydrogen-bond donors (Lipinski definition) is 3. The van der Waals surface area contributed by atoms with Gasteiger partial charge in [0.1, 0.15) is 19.3 Å². The fourth-order valence-corrected chi connectivity index (χ4v) is 12.5. The highest BCUT2D eigenvalue weighted by Crippen LogP contribution is 2.45. The lowest BCUT2D eigenvalue weighted by molar-refractivity contribution is -0.161. The van der Waals surface area contributed by atoms with Crippen LogP contribution in [0.1, 0.15) is 336 Å². The molecule has 106 heavy (non-hydrogen) atoms. The van der Waals surface area contributed by atoms with E-state index >= 15 is 0 Å². The van der Waals surface area contributed by atoms with E-state index < -0.39 is 97.5 Å². The number of ether oxygens (including phenoxy) is 4. The molecule has 17 nitrogen and oxygen atoms in total. The molecular weight excluding hydrogens is 1380 g/mol. The number of allylic oxidation sites excluding steroid dienone is 22. The Kier molecular flexibility index (Phi) is 74.8. The summed E-state index contributed by atoms with van der Waals surface area (Å²) in [6, 6.07) is 0. The standard InChI is InChI=1S/C87H148O17P2/c1-5-9-13-17-21-25-29-33-36-39-40-43-45-49-52-56-60-64-68-72-85(90)98-78-83(104-87(92)74-70-66-62-58-54-50-46-42-38-35-31-27-23-19-15-11-7-3)80-102-106(95,96)100-76-81(88)75-99-105(93,94)101-79-82(103-86(91)73-69-65-61-57-53-47-32-28-24-20-16-12-8-4)77-97-84(89)71-67-63-59-55-51-48-44-41-37-34-30-26-22-18-14-10-6-2/h9-11,13-15,21-23,25-27,33-38,40,43-44,48,81-83,88H,5-8,12,16-20,24,28-32,39,41-42,45-47,49-80H2,1-4H3,(H,93,94)(H,95,96)/b13-9-,14-10-,15-11-,25-21-,26-22-,27-23-,36-33-,37-34-,38-35-,43-40-,48-44-. The van der Waals surface area contributed by atoms with Gasteiger partial charge in [-0.1, -0.05) is 309 Å². The minimum atomic E-state index is -4.99. The van der Waals surface area contributed by atoms with Crippen molar-refractivity contribution in [3.8, 4) is 0 Å². The van der Waals surface area contributed by atoms with Crippen molar-refractivity contribution in [3.63, 3.8) is 0 Å². The number of rotatable bonds is 77. The second kappa shape index (κ2) is 78.3. The van der Waals surface area contributed by atoms with Crippen molar-refractivity contribution in [1.82, 2.24) is 0 Å². The molecule has 0 aliphatic rings. The Bertz CT molecular complexity index is 2530. The number of carbonyl (C=O) groups excluding carboxylic acids is 4. The highest BCUT2D eigenvalue weighted by atomic mass is 31.2. The van der Waals surface area contributed by atoms with Gasteiger partial charge < -0.3 is 33.8 Å². The number of phosphoric acid groups is 2. The molecule has 5 unspecified atom stereocenters. The van der Waals surface area contributed by atoms with E-state index in [0.29, 0.717) is 25.7 Å². The summed E-state index contributed by atoms with van der Waals surface area (Å²) in [5.41, 5.74) is 0. The molecule has 0 heterocycles. The Morgan fingerprint density at radius 3 is 0.755 bits per heavy atom. The lowest BCUT2D eigenvalue weighted by atomic mass is 10.0. The maximum absolute atomic E-state index is 13.1. The van der Waals surface area contributed by atoms with Crippen LogP contribution in [-0.2, 0) is 65.4 Å². The summed E-state index contributed by atoms with van der Waals surface area (Å²) in [4.78, 5) is 73.2. The SMILES string of the molecule is CC/C=C\C/C=C\C/C=C\C/C=C\CCCCCCCCC(=O)OCC(COP(=O)(O)OCC(O)COP(=O)(O)OCC(COC(=O)CCCCCC/C=C\C/C=C\C/C=C\C/C=C\CC)OC(=O)CCCCCCCCCCCCCCC)OC(=O)CCCCCCCCC/C=C\C/C=C\C/C=C\CC. The van der Waals surface area contributed by atoms with Crippen LogP contribution >= 0.6 is 15.6 Å². The predicted octanol–water partition coefficient (Wildman–Crippen LogP) is 24.4. The molecule has 0 aromatic heterocycles. The molecule has 3 N–H and O–H groups in total. The Labute approximate surface area is 644 Å². The van der Waals surface area contributed by atoms with Gasteiger partial charge in [0, 0.05) is 25.7 Å². The van der Waals surface area contributed by atoms with E-state index in [1.807, 2.05) is 0 Å². The third kappa shape index (κ3) is 77.4. The van der Waals surface area contributed by atoms with E-state index in [9.17, 15) is 43.2 Å². The largest absolute Gasteiger partial charge is 0.472 e. The van der Waals surface area contributed by atoms with Crippen LogP contribution in [-0.4, -0.2) is 96.7 Å². The third-order valence-electron chi connectivity index (χ3n) is 17.1. The van der Waals surface area contributed by atoms with Gasteiger partial charge in [-0.05, 0) is 135 Å². The molecule has 0 rings (SSSR count). The van der Waals surface area contributed by atoms with Crippen molar-refractivity contribution in [2.24, 2.45) is 0 Å². The fourth-order valence-electron chi connectivity index (χ4n) is 10.9. The van der Waals surface area contributed by atoms with Crippen LogP contribution in [0.4, 0.5) is 0 Å². The summed E-state index contributed by atoms with van der Waals surface area (Å²) in [6.45, 7) is 4.52. The summed E-state index contributed by atoms with van der Waals surface area (Å²) in [5, 5.41) is 10.7. The molecule has 0 bridgehead atoms. The molecule has 0 aromatic rings. The molecule has 0 aromatic carbocycles. The molecule has 0 radical (unpaired) electrons. The van der Waals surface area contributed by atoms with E-state index in [1.165, 1.54) is 51.4 Å². The van der Waals surface area contributed by atoms with Crippen LogP contribution in [0.5, 0.6) is 0 Å². The maximum atomic E-state index is 13.1. The minimum absolute atomic E-state index is 0.0774. The summed E-state index contributed by atoms with van der Waals surface area (Å²) in [6.07, 6.45) is 88.4. The number of phosphoric ester groups is 2. The quantitative estimate of drug-likeness (QED) is 0.0169. The highest BCUT2D eigenvalue weighted by molar-refractivity contribution is 7.47. The number of aliphatic hydroxyl groups excluding tert-OH is 1. The molecule has 0 aliphatic carbocycles. The van der Waals surface area contributed by atoms with Gasteiger partial charge in [-0.25, -0.2) is 9.13 Å². The summed E-state index contributed by atoms with van der Waals surface area (Å²) in [7, 11) is -9.98. The van der Waals surface area contributed by atoms with E-state index in [1.54, 1.807) is 0 Å². The number of carbonyl (C=O) groups is 4. The zero-order valence-electron chi connectivity index (χ0n) is 66.6. The number of esters is 4. The Morgan fingerprint density at radius 1 is 0.274 bits per heavy atom.